The van der Waals surface area contributed by atoms with Crippen LogP contribution in [-0.2, 0) is 10.2 Å². The van der Waals surface area contributed by atoms with Gasteiger partial charge in [-0.25, -0.2) is 4.98 Å². The highest BCUT2D eigenvalue weighted by Crippen LogP contribution is 2.31. The van der Waals surface area contributed by atoms with E-state index in [4.69, 9.17) is 14.2 Å². The highest BCUT2D eigenvalue weighted by molar-refractivity contribution is 7.87. The Morgan fingerprint density at radius 1 is 1.06 bits per heavy atom. The first kappa shape index (κ1) is 24.5. The Bertz CT molecular complexity index is 1310. The van der Waals surface area contributed by atoms with Crippen LogP contribution in [0.5, 0.6) is 17.2 Å². The zero-order valence-electron chi connectivity index (χ0n) is 19.5. The lowest BCUT2D eigenvalue weighted by atomic mass is 10.0. The van der Waals surface area contributed by atoms with E-state index in [9.17, 15) is 13.2 Å². The topological polar surface area (TPSA) is 123 Å². The Morgan fingerprint density at radius 2 is 1.73 bits per heavy atom. The third-order valence-corrected chi connectivity index (χ3v) is 6.58. The summed E-state index contributed by atoms with van der Waals surface area (Å²) in [6.45, 7) is 4.05. The van der Waals surface area contributed by atoms with E-state index in [1.54, 1.807) is 12.1 Å². The van der Waals surface area contributed by atoms with E-state index in [-0.39, 0.29) is 18.7 Å². The molecule has 0 saturated carbocycles. The number of benzene rings is 2. The Balaban J connectivity index is 1.89. The van der Waals surface area contributed by atoms with Crippen LogP contribution in [0.1, 0.15) is 11.1 Å². The first-order chi connectivity index (χ1) is 15.6. The van der Waals surface area contributed by atoms with Gasteiger partial charge in [-0.15, -0.1) is 0 Å². The number of aromatic nitrogens is 2. The average molecular weight is 477 g/mol. The van der Waals surface area contributed by atoms with Gasteiger partial charge in [-0.2, -0.15) is 17.4 Å². The number of hydrogen-bond acceptors (Lipinski definition) is 7. The van der Waals surface area contributed by atoms with E-state index in [0.717, 1.165) is 15.4 Å². The standard InChI is InChI=1S/C22H28N4O6S/c1-13-9-15(10-14(2)20(13)32-8-7-23-33(28,29)26(3)4)21-24-17-11-16(30-5)12-18(31-6)19(17)22(27)25-21/h9-12,23H,7-8H2,1-6H3,(H,24,25,27). The molecule has 11 heteroatoms. The van der Waals surface area contributed by atoms with Crippen molar-refractivity contribution in [3.63, 3.8) is 0 Å². The minimum Gasteiger partial charge on any atom is -0.497 e. The van der Waals surface area contributed by atoms with Crippen molar-refractivity contribution in [2.75, 3.05) is 41.5 Å². The summed E-state index contributed by atoms with van der Waals surface area (Å²) in [6, 6.07) is 7.03. The summed E-state index contributed by atoms with van der Waals surface area (Å²) in [6.07, 6.45) is 0. The van der Waals surface area contributed by atoms with Gasteiger partial charge in [0.1, 0.15) is 35.1 Å². The van der Waals surface area contributed by atoms with Crippen LogP contribution in [0.15, 0.2) is 29.1 Å². The van der Waals surface area contributed by atoms with Gasteiger partial charge in [-0.05, 0) is 37.1 Å². The van der Waals surface area contributed by atoms with Gasteiger partial charge in [-0.1, -0.05) is 0 Å². The van der Waals surface area contributed by atoms with Gasteiger partial charge < -0.3 is 19.2 Å². The van der Waals surface area contributed by atoms with Crippen molar-refractivity contribution in [2.24, 2.45) is 0 Å². The van der Waals surface area contributed by atoms with Gasteiger partial charge in [0.25, 0.3) is 15.8 Å². The van der Waals surface area contributed by atoms with Crippen molar-refractivity contribution in [2.45, 2.75) is 13.8 Å². The molecule has 0 atom stereocenters. The molecule has 0 aliphatic carbocycles. The van der Waals surface area contributed by atoms with Gasteiger partial charge in [0.05, 0.1) is 19.7 Å². The number of H-pyrrole nitrogens is 1. The minimum atomic E-state index is -3.50. The zero-order chi connectivity index (χ0) is 24.3. The molecular weight excluding hydrogens is 448 g/mol. The monoisotopic (exact) mass is 476 g/mol. The molecule has 33 heavy (non-hydrogen) atoms. The number of ether oxygens (including phenoxy) is 3. The number of aryl methyl sites for hydroxylation is 2. The lowest BCUT2D eigenvalue weighted by Gasteiger charge is -2.16. The largest absolute Gasteiger partial charge is 0.497 e. The van der Waals surface area contributed by atoms with Gasteiger partial charge in [0, 0.05) is 38.3 Å². The molecular formula is C22H28N4O6S. The first-order valence-corrected chi connectivity index (χ1v) is 11.6. The number of nitrogens with one attached hydrogen (secondary N) is 2. The molecule has 2 aromatic carbocycles. The Labute approximate surface area is 192 Å². The number of rotatable bonds is 9. The van der Waals surface area contributed by atoms with Crippen molar-refractivity contribution >= 4 is 21.1 Å². The van der Waals surface area contributed by atoms with Crippen LogP contribution in [0.4, 0.5) is 0 Å². The third-order valence-electron chi connectivity index (χ3n) is 5.05. The fraction of sp³-hybridized carbons (Fsp3) is 0.364. The number of nitrogens with zero attached hydrogens (tertiary/aromatic N) is 2. The normalized spacial score (nSPS) is 11.7. The van der Waals surface area contributed by atoms with E-state index >= 15 is 0 Å². The number of hydrogen-bond donors (Lipinski definition) is 2. The molecule has 0 unspecified atom stereocenters. The summed E-state index contributed by atoms with van der Waals surface area (Å²) in [5, 5.41) is 0.343. The quantitative estimate of drug-likeness (QED) is 0.453. The van der Waals surface area contributed by atoms with Crippen LogP contribution in [0.3, 0.4) is 0 Å². The van der Waals surface area contributed by atoms with Crippen molar-refractivity contribution in [1.29, 1.82) is 0 Å². The van der Waals surface area contributed by atoms with Crippen molar-refractivity contribution in [3.05, 3.63) is 45.7 Å². The number of fused-ring (bicyclic) bond motifs is 1. The van der Waals surface area contributed by atoms with E-state index in [1.165, 1.54) is 28.3 Å². The van der Waals surface area contributed by atoms with Gasteiger partial charge in [0.2, 0.25) is 0 Å². The maximum atomic E-state index is 12.8. The molecule has 10 nitrogen and oxygen atoms in total. The van der Waals surface area contributed by atoms with Crippen LogP contribution in [0, 0.1) is 13.8 Å². The number of methoxy groups -OCH3 is 2. The second-order valence-electron chi connectivity index (χ2n) is 7.61. The van der Waals surface area contributed by atoms with Gasteiger partial charge in [0.15, 0.2) is 0 Å². The molecule has 0 radical (unpaired) electrons. The SMILES string of the molecule is COc1cc(OC)c2c(=O)[nH]c(-c3cc(C)c(OCCNS(=O)(=O)N(C)C)c(C)c3)nc2c1. The zero-order valence-corrected chi connectivity index (χ0v) is 20.3. The Kier molecular flexibility index (Phi) is 7.25. The maximum Gasteiger partial charge on any atom is 0.279 e. The van der Waals surface area contributed by atoms with Crippen LogP contribution < -0.4 is 24.5 Å². The van der Waals surface area contributed by atoms with Gasteiger partial charge in [-0.3, -0.25) is 4.79 Å². The third kappa shape index (κ3) is 5.27. The predicted octanol–water partition coefficient (Wildman–Crippen LogP) is 2.00. The molecule has 0 aliphatic rings. The predicted molar refractivity (Wildman–Crippen MR) is 126 cm³/mol. The summed E-state index contributed by atoms with van der Waals surface area (Å²) >= 11 is 0. The van der Waals surface area contributed by atoms with Gasteiger partial charge >= 0.3 is 0 Å². The summed E-state index contributed by atoms with van der Waals surface area (Å²) < 4.78 is 43.6. The fourth-order valence-corrected chi connectivity index (χ4v) is 3.99. The van der Waals surface area contributed by atoms with Crippen molar-refractivity contribution < 1.29 is 22.6 Å². The van der Waals surface area contributed by atoms with E-state index in [1.807, 2.05) is 26.0 Å². The van der Waals surface area contributed by atoms with E-state index in [0.29, 0.717) is 39.5 Å². The van der Waals surface area contributed by atoms with Crippen LogP contribution in [0.2, 0.25) is 0 Å². The second kappa shape index (κ2) is 9.77. The molecule has 3 aromatic rings. The van der Waals surface area contributed by atoms with Crippen LogP contribution in [0.25, 0.3) is 22.3 Å². The fourth-order valence-electron chi connectivity index (χ4n) is 3.39. The lowest BCUT2D eigenvalue weighted by Crippen LogP contribution is -2.37. The molecule has 2 N–H and O–H groups in total. The molecule has 0 aliphatic heterocycles. The Morgan fingerprint density at radius 3 is 2.30 bits per heavy atom. The molecule has 0 bridgehead atoms. The summed E-state index contributed by atoms with van der Waals surface area (Å²) in [7, 11) is 2.42. The molecule has 0 spiro atoms. The average Bonchev–Trinajstić information content (AvgIpc) is 2.76. The molecule has 0 amide bonds. The van der Waals surface area contributed by atoms with E-state index in [2.05, 4.69) is 14.7 Å². The van der Waals surface area contributed by atoms with Crippen molar-refractivity contribution in [1.82, 2.24) is 19.0 Å². The molecule has 3 rings (SSSR count). The molecule has 178 valence electrons. The van der Waals surface area contributed by atoms with Crippen LogP contribution in [-0.4, -0.2) is 64.2 Å². The summed E-state index contributed by atoms with van der Waals surface area (Å²) in [5.41, 5.74) is 2.50. The first-order valence-electron chi connectivity index (χ1n) is 10.1. The van der Waals surface area contributed by atoms with Crippen molar-refractivity contribution in [3.8, 4) is 28.6 Å². The Hall–Kier alpha value is -3.15. The molecule has 0 saturated heterocycles. The molecule has 1 heterocycles. The highest BCUT2D eigenvalue weighted by atomic mass is 32.2. The second-order valence-corrected chi connectivity index (χ2v) is 9.58. The maximum absolute atomic E-state index is 12.8. The summed E-state index contributed by atoms with van der Waals surface area (Å²) in [4.78, 5) is 20.2. The molecule has 1 aromatic heterocycles. The summed E-state index contributed by atoms with van der Waals surface area (Å²) in [5.74, 6) is 1.96. The minimum absolute atomic E-state index is 0.129. The van der Waals surface area contributed by atoms with Crippen LogP contribution >= 0.6 is 0 Å². The smallest absolute Gasteiger partial charge is 0.279 e. The van der Waals surface area contributed by atoms with E-state index < -0.39 is 10.2 Å². The number of aromatic amines is 1. The lowest BCUT2D eigenvalue weighted by molar-refractivity contribution is 0.317. The highest BCUT2D eigenvalue weighted by Gasteiger charge is 2.16. The molecule has 0 fully saturated rings.